The summed E-state index contributed by atoms with van der Waals surface area (Å²) in [5, 5.41) is 0. The number of imidazole rings is 1. The lowest BCUT2D eigenvalue weighted by Crippen LogP contribution is -2.38. The first-order valence-corrected chi connectivity index (χ1v) is 18.0. The molecule has 2 saturated heterocycles. The fourth-order valence-corrected chi connectivity index (χ4v) is 7.49. The van der Waals surface area contributed by atoms with Crippen molar-refractivity contribution in [1.29, 1.82) is 0 Å². The summed E-state index contributed by atoms with van der Waals surface area (Å²) in [5.74, 6) is -0.250. The molecule has 3 aromatic rings. The maximum Gasteiger partial charge on any atom is 0.472 e. The van der Waals surface area contributed by atoms with Crippen LogP contribution in [-0.4, -0.2) is 95.9 Å². The number of methoxy groups -OCH3 is 1. The largest absolute Gasteiger partial charge is 0.472 e. The van der Waals surface area contributed by atoms with E-state index in [1.54, 1.807) is 0 Å². The molecule has 2 aliphatic heterocycles. The number of rotatable bonds is 15. The van der Waals surface area contributed by atoms with Crippen LogP contribution in [0, 0.1) is 0 Å². The van der Waals surface area contributed by atoms with Crippen LogP contribution < -0.4 is 22.5 Å². The van der Waals surface area contributed by atoms with Crippen molar-refractivity contribution in [3.05, 3.63) is 49.8 Å². The number of ether oxygens (including phenoxy) is 3. The normalized spacial score (nSPS) is 29.7. The fraction of sp³-hybridized carbons (Fsp3) is 0.640. The van der Waals surface area contributed by atoms with Crippen molar-refractivity contribution in [2.75, 3.05) is 26.1 Å². The lowest BCUT2D eigenvalue weighted by molar-refractivity contribution is -0.0607. The third kappa shape index (κ3) is 8.10. The molecule has 2 fully saturated rings. The molecule has 49 heavy (non-hydrogen) atoms. The second kappa shape index (κ2) is 15.0. The van der Waals surface area contributed by atoms with Gasteiger partial charge < -0.3 is 29.7 Å². The Hall–Kier alpha value is -3.14. The van der Waals surface area contributed by atoms with Gasteiger partial charge in [-0.3, -0.25) is 46.8 Å². The van der Waals surface area contributed by atoms with Gasteiger partial charge in [-0.05, 0) is 13.3 Å². The van der Waals surface area contributed by atoms with Crippen LogP contribution in [0.2, 0.25) is 0 Å². The van der Waals surface area contributed by atoms with Gasteiger partial charge in [-0.15, -0.1) is 0 Å². The minimum atomic E-state index is -5.19. The molecule has 0 aliphatic carbocycles. The van der Waals surface area contributed by atoms with E-state index in [-0.39, 0.29) is 30.1 Å². The molecule has 0 spiro atoms. The predicted molar refractivity (Wildman–Crippen MR) is 164 cm³/mol. The molecule has 6 N–H and O–H groups in total. The molecule has 5 heterocycles. The standard InChI is InChI=1S/C25H36FN7O14P2/c1-4-6-7-12-17(15(26)22(44-12)32-9-8-14(34)29-25(32)36)46-49(39,40)43-10-13-18(47-48(37,38)42-5-2)19(41-3)23(45-13)33-11-28-16-20(33)30-24(27)31-21(16)35/h8-9,11-13,15,17-19,22-23H,4-7,10H2,1-3H3,(H,37,38)(H,39,40)(H,29,34,36)(H3,27,30,31,35)/t12-,13-,15?,17?,18?,19?,22-,23-/m1/s1. The van der Waals surface area contributed by atoms with Crippen LogP contribution in [-0.2, 0) is 41.4 Å². The number of nitrogen functional groups attached to an aromatic ring is 1. The van der Waals surface area contributed by atoms with Crippen LogP contribution in [0.4, 0.5) is 10.3 Å². The van der Waals surface area contributed by atoms with Crippen molar-refractivity contribution in [3.63, 3.8) is 0 Å². The first-order chi connectivity index (χ1) is 23.2. The smallest absolute Gasteiger partial charge is 0.374 e. The van der Waals surface area contributed by atoms with E-state index in [1.165, 1.54) is 24.9 Å². The summed E-state index contributed by atoms with van der Waals surface area (Å²) in [6.07, 6.45) is -8.56. The van der Waals surface area contributed by atoms with Gasteiger partial charge in [0.05, 0.1) is 25.6 Å². The van der Waals surface area contributed by atoms with E-state index in [9.17, 15) is 33.3 Å². The number of nitrogens with two attached hydrogens (primary N) is 1. The number of halogens is 1. The van der Waals surface area contributed by atoms with E-state index < -0.39 is 88.2 Å². The van der Waals surface area contributed by atoms with Gasteiger partial charge in [0.1, 0.15) is 24.4 Å². The molecule has 0 radical (unpaired) electrons. The molecule has 272 valence electrons. The Morgan fingerprint density at radius 2 is 1.69 bits per heavy atom. The Kier molecular flexibility index (Phi) is 11.4. The van der Waals surface area contributed by atoms with E-state index in [1.807, 2.05) is 11.9 Å². The number of nitrogens with zero attached hydrogens (tertiary/aromatic N) is 4. The Balaban J connectivity index is 1.39. The van der Waals surface area contributed by atoms with Crippen molar-refractivity contribution >= 4 is 32.8 Å². The molecule has 2 aliphatic rings. The first kappa shape index (κ1) is 37.1. The maximum absolute atomic E-state index is 15.8. The van der Waals surface area contributed by atoms with Crippen molar-refractivity contribution in [2.45, 2.75) is 82.3 Å². The summed E-state index contributed by atoms with van der Waals surface area (Å²) in [4.78, 5) is 69.7. The average molecular weight is 740 g/mol. The van der Waals surface area contributed by atoms with E-state index >= 15 is 4.39 Å². The molecule has 0 bridgehead atoms. The number of fused-ring (bicyclic) bond motifs is 1. The number of unbranched alkanes of at least 4 members (excludes halogenated alkanes) is 1. The molecule has 10 atom stereocenters. The summed E-state index contributed by atoms with van der Waals surface area (Å²) in [5.41, 5.74) is 3.18. The zero-order valence-corrected chi connectivity index (χ0v) is 28.1. The van der Waals surface area contributed by atoms with Gasteiger partial charge in [0, 0.05) is 19.4 Å². The third-order valence-corrected chi connectivity index (χ3v) is 9.80. The summed E-state index contributed by atoms with van der Waals surface area (Å²) in [6.45, 7) is 2.22. The van der Waals surface area contributed by atoms with Gasteiger partial charge in [0.25, 0.3) is 11.1 Å². The number of alkyl halides is 1. The quantitative estimate of drug-likeness (QED) is 0.134. The average Bonchev–Trinajstić information content (AvgIpc) is 3.68. The highest BCUT2D eigenvalue weighted by molar-refractivity contribution is 7.47. The van der Waals surface area contributed by atoms with Crippen molar-refractivity contribution < 1.29 is 55.6 Å². The highest BCUT2D eigenvalue weighted by Crippen LogP contribution is 2.52. The van der Waals surface area contributed by atoms with Gasteiger partial charge >= 0.3 is 21.3 Å². The van der Waals surface area contributed by atoms with Gasteiger partial charge in [0.15, 0.2) is 29.8 Å². The van der Waals surface area contributed by atoms with Gasteiger partial charge in [-0.2, -0.15) is 4.98 Å². The third-order valence-electron chi connectivity index (χ3n) is 7.72. The zero-order valence-electron chi connectivity index (χ0n) is 26.3. The summed E-state index contributed by atoms with van der Waals surface area (Å²) in [7, 11) is -8.73. The van der Waals surface area contributed by atoms with Gasteiger partial charge in [-0.25, -0.2) is 23.3 Å². The fourth-order valence-electron chi connectivity index (χ4n) is 5.58. The molecule has 24 heteroatoms. The molecule has 0 amide bonds. The van der Waals surface area contributed by atoms with Gasteiger partial charge in [-0.1, -0.05) is 19.8 Å². The molecule has 0 aromatic carbocycles. The molecule has 3 aromatic heterocycles. The van der Waals surface area contributed by atoms with Crippen LogP contribution in [0.25, 0.3) is 11.2 Å². The lowest BCUT2D eigenvalue weighted by atomic mass is 10.1. The van der Waals surface area contributed by atoms with E-state index in [2.05, 4.69) is 15.0 Å². The second-order valence-electron chi connectivity index (χ2n) is 11.0. The summed E-state index contributed by atoms with van der Waals surface area (Å²) >= 11 is 0. The molecule has 21 nitrogen and oxygen atoms in total. The van der Waals surface area contributed by atoms with E-state index in [0.717, 1.165) is 16.8 Å². The van der Waals surface area contributed by atoms with Crippen molar-refractivity contribution in [3.8, 4) is 0 Å². The first-order valence-electron chi connectivity index (χ1n) is 15.0. The van der Waals surface area contributed by atoms with Crippen LogP contribution >= 0.6 is 15.6 Å². The number of hydrogen-bond acceptors (Lipinski definition) is 15. The van der Waals surface area contributed by atoms with Crippen LogP contribution in [0.1, 0.15) is 45.6 Å². The molecule has 5 rings (SSSR count). The number of H-pyrrole nitrogens is 2. The van der Waals surface area contributed by atoms with Crippen LogP contribution in [0.3, 0.4) is 0 Å². The minimum absolute atomic E-state index is 0.0498. The number of nitrogens with one attached hydrogen (secondary N) is 2. The number of phosphoric acid groups is 2. The highest BCUT2D eigenvalue weighted by atomic mass is 31.2. The Morgan fingerprint density at radius 1 is 1.00 bits per heavy atom. The second-order valence-corrected chi connectivity index (χ2v) is 13.8. The lowest BCUT2D eigenvalue weighted by Gasteiger charge is -2.26. The van der Waals surface area contributed by atoms with E-state index in [0.29, 0.717) is 12.8 Å². The number of hydrogen-bond donors (Lipinski definition) is 5. The number of anilines is 1. The van der Waals surface area contributed by atoms with Crippen molar-refractivity contribution in [2.24, 2.45) is 0 Å². The maximum atomic E-state index is 15.8. The summed E-state index contributed by atoms with van der Waals surface area (Å²) in [6, 6.07) is 0.986. The number of phosphoric ester groups is 2. The molecule has 6 unspecified atom stereocenters. The molecule has 0 saturated carbocycles. The van der Waals surface area contributed by atoms with Gasteiger partial charge in [0.2, 0.25) is 5.95 Å². The minimum Gasteiger partial charge on any atom is -0.374 e. The number of aromatic amines is 2. The predicted octanol–water partition coefficient (Wildman–Crippen LogP) is 0.614. The monoisotopic (exact) mass is 739 g/mol. The van der Waals surface area contributed by atoms with Crippen molar-refractivity contribution in [1.82, 2.24) is 29.1 Å². The number of aromatic nitrogens is 6. The SMILES string of the molecule is CCCC[C@H]1O[C@@H](n2ccc(=O)[nH]c2=O)C(F)C1OP(=O)(O)OC[C@H]1O[C@@H](n2cnc3c(=O)[nH]c(N)nc32)C(OC)C1OP(=O)(O)OCC. The molecular weight excluding hydrogens is 703 g/mol. The summed E-state index contributed by atoms with van der Waals surface area (Å²) < 4.78 is 81.8. The topological polar surface area (TPSA) is 284 Å². The Bertz CT molecular complexity index is 1900. The molecular formula is C25H36FN7O14P2. The van der Waals surface area contributed by atoms with Crippen LogP contribution in [0.15, 0.2) is 33.0 Å². The highest BCUT2D eigenvalue weighted by Gasteiger charge is 2.53. The van der Waals surface area contributed by atoms with Crippen LogP contribution in [0.5, 0.6) is 0 Å². The Labute approximate surface area is 275 Å². The Morgan fingerprint density at radius 3 is 2.37 bits per heavy atom. The van der Waals surface area contributed by atoms with E-state index in [4.69, 9.17) is 38.0 Å². The zero-order chi connectivity index (χ0) is 35.7.